The van der Waals surface area contributed by atoms with Gasteiger partial charge in [-0.15, -0.1) is 0 Å². The van der Waals surface area contributed by atoms with Crippen LogP contribution in [-0.2, 0) is 23.9 Å². The predicted octanol–water partition coefficient (Wildman–Crippen LogP) is 1.27. The van der Waals surface area contributed by atoms with Crippen LogP contribution < -0.4 is 5.32 Å². The van der Waals surface area contributed by atoms with Crippen LogP contribution in [0, 0.1) is 11.8 Å². The van der Waals surface area contributed by atoms with E-state index < -0.39 is 12.1 Å². The standard InChI is InChI=1S/C23H36FN3O5/c1-13-10-26(22(29)15-4-7-20-19(8-15)25-21(28)12-32-20)11-14(2)27(13)23(30)17-6-5-16(31-3)9-18(17)24/h13-20H,4-12H2,1-3H3,(H,25,28)/t13-,14-,15?,16?,17?,18?,19?,20?/m1/s1. The average molecular weight is 454 g/mol. The molecule has 4 fully saturated rings. The van der Waals surface area contributed by atoms with Crippen molar-refractivity contribution in [1.82, 2.24) is 15.1 Å². The number of ether oxygens (including phenoxy) is 2. The number of rotatable bonds is 3. The lowest BCUT2D eigenvalue weighted by molar-refractivity contribution is -0.156. The van der Waals surface area contributed by atoms with E-state index in [-0.39, 0.29) is 67.0 Å². The Labute approximate surface area is 189 Å². The number of nitrogens with one attached hydrogen (secondary N) is 1. The molecule has 8 atom stereocenters. The Kier molecular flexibility index (Phi) is 7.05. The number of carbonyl (C=O) groups is 3. The summed E-state index contributed by atoms with van der Waals surface area (Å²) in [5.41, 5.74) is 0. The molecule has 2 heterocycles. The number of nitrogens with zero attached hydrogens (tertiary/aromatic N) is 2. The van der Waals surface area contributed by atoms with Gasteiger partial charge in [-0.25, -0.2) is 4.39 Å². The monoisotopic (exact) mass is 453 g/mol. The van der Waals surface area contributed by atoms with Crippen molar-refractivity contribution in [2.24, 2.45) is 11.8 Å². The van der Waals surface area contributed by atoms with Gasteiger partial charge in [0.2, 0.25) is 17.7 Å². The number of alkyl halides is 1. The molecule has 180 valence electrons. The zero-order valence-electron chi connectivity index (χ0n) is 19.3. The minimum absolute atomic E-state index is 0.00842. The molecule has 2 aliphatic carbocycles. The number of piperazine rings is 1. The lowest BCUT2D eigenvalue weighted by Gasteiger charge is -2.48. The number of fused-ring (bicyclic) bond motifs is 1. The van der Waals surface area contributed by atoms with E-state index in [0.717, 1.165) is 12.8 Å². The molecular weight excluding hydrogens is 417 g/mol. The molecule has 0 bridgehead atoms. The third-order valence-corrected chi connectivity index (χ3v) is 7.77. The fourth-order valence-corrected chi connectivity index (χ4v) is 6.11. The van der Waals surface area contributed by atoms with Crippen molar-refractivity contribution in [2.45, 2.75) is 88.9 Å². The Morgan fingerprint density at radius 1 is 1.06 bits per heavy atom. The number of hydrogen-bond acceptors (Lipinski definition) is 5. The number of hydrogen-bond donors (Lipinski definition) is 1. The van der Waals surface area contributed by atoms with Crippen molar-refractivity contribution in [3.63, 3.8) is 0 Å². The number of amides is 3. The molecule has 4 aliphatic rings. The smallest absolute Gasteiger partial charge is 0.246 e. The number of methoxy groups -OCH3 is 1. The molecule has 9 heteroatoms. The summed E-state index contributed by atoms with van der Waals surface area (Å²) < 4.78 is 25.6. The van der Waals surface area contributed by atoms with Gasteiger partial charge in [-0.3, -0.25) is 14.4 Å². The van der Waals surface area contributed by atoms with Crippen LogP contribution in [0.2, 0.25) is 0 Å². The third-order valence-electron chi connectivity index (χ3n) is 7.77. The third kappa shape index (κ3) is 4.64. The van der Waals surface area contributed by atoms with Crippen LogP contribution in [0.1, 0.15) is 52.4 Å². The van der Waals surface area contributed by atoms with Gasteiger partial charge in [-0.2, -0.15) is 0 Å². The predicted molar refractivity (Wildman–Crippen MR) is 114 cm³/mol. The van der Waals surface area contributed by atoms with Crippen LogP contribution in [0.15, 0.2) is 0 Å². The van der Waals surface area contributed by atoms with Gasteiger partial charge in [0.1, 0.15) is 12.8 Å². The summed E-state index contributed by atoms with van der Waals surface area (Å²) in [4.78, 5) is 41.8. The first-order chi connectivity index (χ1) is 15.3. The molecular formula is C23H36FN3O5. The highest BCUT2D eigenvalue weighted by molar-refractivity contribution is 5.82. The first-order valence-electron chi connectivity index (χ1n) is 12.0. The van der Waals surface area contributed by atoms with Crippen molar-refractivity contribution in [1.29, 1.82) is 0 Å². The van der Waals surface area contributed by atoms with E-state index >= 15 is 0 Å². The van der Waals surface area contributed by atoms with Crippen LogP contribution in [0.5, 0.6) is 0 Å². The molecule has 2 aliphatic heterocycles. The summed E-state index contributed by atoms with van der Waals surface area (Å²) >= 11 is 0. The van der Waals surface area contributed by atoms with E-state index in [1.165, 1.54) is 0 Å². The first-order valence-corrected chi connectivity index (χ1v) is 12.0. The molecule has 0 radical (unpaired) electrons. The SMILES string of the molecule is COC1CCC(C(=O)N2[C@H](C)CN(C(=O)C3CCC4OCC(=O)NC4C3)C[C@H]2C)C(F)C1. The Bertz CT molecular complexity index is 724. The van der Waals surface area contributed by atoms with E-state index in [1.54, 1.807) is 12.0 Å². The van der Waals surface area contributed by atoms with Crippen molar-refractivity contribution in [3.8, 4) is 0 Å². The average Bonchev–Trinajstić information content (AvgIpc) is 2.77. The molecule has 0 spiro atoms. The molecule has 8 nitrogen and oxygen atoms in total. The zero-order chi connectivity index (χ0) is 23.0. The fraction of sp³-hybridized carbons (Fsp3) is 0.870. The zero-order valence-corrected chi connectivity index (χ0v) is 19.3. The molecule has 3 amide bonds. The van der Waals surface area contributed by atoms with E-state index in [2.05, 4.69) is 5.32 Å². The largest absolute Gasteiger partial charge is 0.381 e. The van der Waals surface area contributed by atoms with Gasteiger partial charge in [0, 0.05) is 44.6 Å². The Hall–Kier alpha value is -1.74. The molecule has 2 saturated carbocycles. The van der Waals surface area contributed by atoms with Crippen molar-refractivity contribution in [3.05, 3.63) is 0 Å². The molecule has 0 aromatic heterocycles. The maximum atomic E-state index is 14.7. The van der Waals surface area contributed by atoms with E-state index in [1.807, 2.05) is 18.7 Å². The summed E-state index contributed by atoms with van der Waals surface area (Å²) in [6.45, 7) is 4.87. The second kappa shape index (κ2) is 9.63. The second-order valence-electron chi connectivity index (χ2n) is 10.0. The lowest BCUT2D eigenvalue weighted by atomic mass is 9.81. The molecule has 6 unspecified atom stereocenters. The van der Waals surface area contributed by atoms with Gasteiger partial charge in [-0.05, 0) is 46.0 Å². The summed E-state index contributed by atoms with van der Waals surface area (Å²) in [6.07, 6.45) is 2.22. The highest BCUT2D eigenvalue weighted by atomic mass is 19.1. The molecule has 4 rings (SSSR count). The van der Waals surface area contributed by atoms with Crippen LogP contribution >= 0.6 is 0 Å². The minimum Gasteiger partial charge on any atom is -0.381 e. The molecule has 1 N–H and O–H groups in total. The Balaban J connectivity index is 1.36. The van der Waals surface area contributed by atoms with Crippen molar-refractivity contribution in [2.75, 3.05) is 26.8 Å². The Morgan fingerprint density at radius 2 is 1.78 bits per heavy atom. The van der Waals surface area contributed by atoms with Gasteiger partial charge in [0.15, 0.2) is 0 Å². The summed E-state index contributed by atoms with van der Waals surface area (Å²) in [7, 11) is 1.58. The lowest BCUT2D eigenvalue weighted by Crippen LogP contribution is -2.63. The van der Waals surface area contributed by atoms with Crippen LogP contribution in [-0.4, -0.2) is 90.8 Å². The van der Waals surface area contributed by atoms with Gasteiger partial charge in [0.25, 0.3) is 0 Å². The maximum Gasteiger partial charge on any atom is 0.246 e. The van der Waals surface area contributed by atoms with Crippen LogP contribution in [0.4, 0.5) is 4.39 Å². The molecule has 2 saturated heterocycles. The van der Waals surface area contributed by atoms with E-state index in [4.69, 9.17) is 9.47 Å². The Morgan fingerprint density at radius 3 is 2.44 bits per heavy atom. The van der Waals surface area contributed by atoms with Crippen molar-refractivity contribution >= 4 is 17.7 Å². The fourth-order valence-electron chi connectivity index (χ4n) is 6.11. The summed E-state index contributed by atoms with van der Waals surface area (Å²) in [6, 6.07) is -0.450. The van der Waals surface area contributed by atoms with Gasteiger partial charge < -0.3 is 24.6 Å². The number of halogens is 1. The summed E-state index contributed by atoms with van der Waals surface area (Å²) in [5, 5.41) is 2.96. The number of morpholine rings is 1. The maximum absolute atomic E-state index is 14.7. The van der Waals surface area contributed by atoms with E-state index in [0.29, 0.717) is 32.4 Å². The molecule has 0 aromatic rings. The van der Waals surface area contributed by atoms with Crippen LogP contribution in [0.3, 0.4) is 0 Å². The van der Waals surface area contributed by atoms with Gasteiger partial charge in [-0.1, -0.05) is 0 Å². The molecule has 0 aromatic carbocycles. The summed E-state index contributed by atoms with van der Waals surface area (Å²) in [5.74, 6) is -0.961. The topological polar surface area (TPSA) is 88.2 Å². The first kappa shape index (κ1) is 23.4. The van der Waals surface area contributed by atoms with E-state index in [9.17, 15) is 18.8 Å². The highest BCUT2D eigenvalue weighted by Gasteiger charge is 2.44. The highest BCUT2D eigenvalue weighted by Crippen LogP contribution is 2.34. The quantitative estimate of drug-likeness (QED) is 0.695. The van der Waals surface area contributed by atoms with Gasteiger partial charge in [0.05, 0.1) is 24.2 Å². The normalized spacial score (nSPS) is 40.4. The second-order valence-corrected chi connectivity index (χ2v) is 10.0. The van der Waals surface area contributed by atoms with Crippen LogP contribution in [0.25, 0.3) is 0 Å². The van der Waals surface area contributed by atoms with Gasteiger partial charge >= 0.3 is 0 Å². The van der Waals surface area contributed by atoms with Crippen molar-refractivity contribution < 1.29 is 28.2 Å². The number of carbonyl (C=O) groups excluding carboxylic acids is 3. The molecule has 32 heavy (non-hydrogen) atoms. The minimum atomic E-state index is -1.19.